The molecule has 1 N–H and O–H groups in total. The molecule has 0 spiro atoms. The van der Waals surface area contributed by atoms with E-state index in [2.05, 4.69) is 53.5 Å². The highest BCUT2D eigenvalue weighted by molar-refractivity contribution is 5.25. The second kappa shape index (κ2) is 7.04. The van der Waals surface area contributed by atoms with Crippen molar-refractivity contribution in [3.63, 3.8) is 0 Å². The van der Waals surface area contributed by atoms with Crippen LogP contribution in [0.1, 0.15) is 30.3 Å². The van der Waals surface area contributed by atoms with Crippen LogP contribution in [0.3, 0.4) is 0 Å². The van der Waals surface area contributed by atoms with Crippen molar-refractivity contribution in [2.45, 2.75) is 39.8 Å². The van der Waals surface area contributed by atoms with E-state index in [9.17, 15) is 0 Å². The lowest BCUT2D eigenvalue weighted by Gasteiger charge is -2.08. The monoisotopic (exact) mass is 258 g/mol. The first-order valence-corrected chi connectivity index (χ1v) is 6.93. The van der Waals surface area contributed by atoms with Gasteiger partial charge in [-0.1, -0.05) is 31.2 Å². The van der Waals surface area contributed by atoms with E-state index in [0.717, 1.165) is 38.3 Å². The predicted molar refractivity (Wildman–Crippen MR) is 76.9 cm³/mol. The van der Waals surface area contributed by atoms with Gasteiger partial charge in [0.2, 0.25) is 0 Å². The summed E-state index contributed by atoms with van der Waals surface area (Å²) in [5, 5.41) is 7.66. The molecule has 1 aromatic carbocycles. The molecule has 0 aliphatic heterocycles. The Morgan fingerprint density at radius 2 is 2.11 bits per heavy atom. The third-order valence-electron chi connectivity index (χ3n) is 3.25. The normalized spacial score (nSPS) is 10.8. The van der Waals surface area contributed by atoms with Crippen molar-refractivity contribution in [2.75, 3.05) is 6.54 Å². The van der Waals surface area contributed by atoms with Gasteiger partial charge in [0, 0.05) is 6.54 Å². The highest BCUT2D eigenvalue weighted by Crippen LogP contribution is 2.06. The van der Waals surface area contributed by atoms with Crippen molar-refractivity contribution in [2.24, 2.45) is 0 Å². The molecule has 0 amide bonds. The predicted octanol–water partition coefficient (Wildman–Crippen LogP) is 2.33. The maximum atomic E-state index is 4.29. The van der Waals surface area contributed by atoms with Crippen LogP contribution in [-0.4, -0.2) is 21.3 Å². The first-order valence-electron chi connectivity index (χ1n) is 6.93. The maximum Gasteiger partial charge on any atom is 0.140 e. The quantitative estimate of drug-likeness (QED) is 0.775. The van der Waals surface area contributed by atoms with E-state index in [1.807, 2.05) is 4.68 Å². The van der Waals surface area contributed by atoms with Crippen molar-refractivity contribution in [1.29, 1.82) is 0 Å². The Morgan fingerprint density at radius 1 is 1.26 bits per heavy atom. The number of nitrogens with zero attached hydrogens (tertiary/aromatic N) is 3. The van der Waals surface area contributed by atoms with Gasteiger partial charge in [-0.15, -0.1) is 0 Å². The summed E-state index contributed by atoms with van der Waals surface area (Å²) < 4.78 is 1.97. The summed E-state index contributed by atoms with van der Waals surface area (Å²) in [5.41, 5.74) is 2.77. The average molecular weight is 258 g/mol. The van der Waals surface area contributed by atoms with Crippen LogP contribution in [0, 0.1) is 6.92 Å². The molecule has 0 unspecified atom stereocenters. The fourth-order valence-electron chi connectivity index (χ4n) is 2.14. The third-order valence-corrected chi connectivity index (χ3v) is 3.25. The lowest BCUT2D eigenvalue weighted by molar-refractivity contribution is 0.543. The summed E-state index contributed by atoms with van der Waals surface area (Å²) in [4.78, 5) is 4.29. The second-order valence-electron chi connectivity index (χ2n) is 4.75. The molecule has 19 heavy (non-hydrogen) atoms. The average Bonchev–Trinajstić information content (AvgIpc) is 2.85. The van der Waals surface area contributed by atoms with E-state index in [-0.39, 0.29) is 0 Å². The Kier molecular flexibility index (Phi) is 5.10. The lowest BCUT2D eigenvalue weighted by atomic mass is 10.1. The maximum absolute atomic E-state index is 4.29. The van der Waals surface area contributed by atoms with E-state index in [0.29, 0.717) is 0 Å². The van der Waals surface area contributed by atoms with Crippen molar-refractivity contribution in [3.8, 4) is 0 Å². The number of rotatable bonds is 7. The molecule has 2 aromatic rings. The van der Waals surface area contributed by atoms with Crippen molar-refractivity contribution in [3.05, 3.63) is 47.5 Å². The van der Waals surface area contributed by atoms with Crippen LogP contribution in [0.15, 0.2) is 30.6 Å². The molecule has 1 aromatic heterocycles. The second-order valence-corrected chi connectivity index (χ2v) is 4.75. The molecule has 4 heteroatoms. The number of hydrogen-bond donors (Lipinski definition) is 1. The molecule has 0 fully saturated rings. The lowest BCUT2D eigenvalue weighted by Crippen LogP contribution is -2.20. The van der Waals surface area contributed by atoms with E-state index in [4.69, 9.17) is 0 Å². The molecule has 2 rings (SSSR count). The zero-order valence-electron chi connectivity index (χ0n) is 11.8. The van der Waals surface area contributed by atoms with E-state index < -0.39 is 0 Å². The van der Waals surface area contributed by atoms with Gasteiger partial charge in [0.1, 0.15) is 12.2 Å². The van der Waals surface area contributed by atoms with Gasteiger partial charge in [0.15, 0.2) is 0 Å². The summed E-state index contributed by atoms with van der Waals surface area (Å²) in [7, 11) is 0. The first kappa shape index (κ1) is 13.7. The zero-order chi connectivity index (χ0) is 13.5. The molecule has 0 radical (unpaired) electrons. The highest BCUT2D eigenvalue weighted by atomic mass is 15.3. The Hall–Kier alpha value is -1.68. The van der Waals surface area contributed by atoms with Gasteiger partial charge in [-0.2, -0.15) is 5.10 Å². The van der Waals surface area contributed by atoms with Crippen molar-refractivity contribution in [1.82, 2.24) is 20.1 Å². The number of nitrogens with one attached hydrogen (secondary N) is 1. The van der Waals surface area contributed by atoms with Crippen LogP contribution in [0.25, 0.3) is 0 Å². The minimum absolute atomic E-state index is 0.784. The number of hydrogen-bond acceptors (Lipinski definition) is 3. The Bertz CT molecular complexity index is 504. The fraction of sp³-hybridized carbons (Fsp3) is 0.467. The van der Waals surface area contributed by atoms with E-state index in [1.54, 1.807) is 6.33 Å². The summed E-state index contributed by atoms with van der Waals surface area (Å²) in [5.74, 6) is 1.02. The van der Waals surface area contributed by atoms with E-state index in [1.165, 1.54) is 11.1 Å². The largest absolute Gasteiger partial charge is 0.310 e. The van der Waals surface area contributed by atoms with Crippen LogP contribution in [0.5, 0.6) is 0 Å². The van der Waals surface area contributed by atoms with Crippen LogP contribution < -0.4 is 5.32 Å². The van der Waals surface area contributed by atoms with Crippen LogP contribution >= 0.6 is 0 Å². The SMILES string of the molecule is CCCn1ncnc1CNCCc1ccccc1C. The fourth-order valence-corrected chi connectivity index (χ4v) is 2.14. The topological polar surface area (TPSA) is 42.7 Å². The standard InChI is InChI=1S/C15H22N4/c1-3-10-19-15(17-12-18-19)11-16-9-8-14-7-5-4-6-13(14)2/h4-7,12,16H,3,8-11H2,1-2H3. The number of aryl methyl sites for hydroxylation is 2. The highest BCUT2D eigenvalue weighted by Gasteiger charge is 2.03. The van der Waals surface area contributed by atoms with Gasteiger partial charge >= 0.3 is 0 Å². The molecule has 102 valence electrons. The Balaban J connectivity index is 1.78. The Morgan fingerprint density at radius 3 is 2.89 bits per heavy atom. The summed E-state index contributed by atoms with van der Waals surface area (Å²) in [6.45, 7) is 6.99. The molecule has 0 saturated heterocycles. The number of benzene rings is 1. The smallest absolute Gasteiger partial charge is 0.140 e. The van der Waals surface area contributed by atoms with Gasteiger partial charge in [-0.25, -0.2) is 9.67 Å². The molecule has 4 nitrogen and oxygen atoms in total. The van der Waals surface area contributed by atoms with Crippen LogP contribution in [0.2, 0.25) is 0 Å². The molecule has 0 aliphatic rings. The van der Waals surface area contributed by atoms with Crippen molar-refractivity contribution < 1.29 is 0 Å². The molecular formula is C15H22N4. The van der Waals surface area contributed by atoms with E-state index >= 15 is 0 Å². The van der Waals surface area contributed by atoms with Gasteiger partial charge in [0.05, 0.1) is 6.54 Å². The Labute approximate surface area is 114 Å². The molecule has 0 aliphatic carbocycles. The first-order chi connectivity index (χ1) is 9.31. The number of aromatic nitrogens is 3. The van der Waals surface area contributed by atoms with Crippen molar-refractivity contribution >= 4 is 0 Å². The van der Waals surface area contributed by atoms with Crippen LogP contribution in [0.4, 0.5) is 0 Å². The minimum atomic E-state index is 0.784. The molecule has 1 heterocycles. The summed E-state index contributed by atoms with van der Waals surface area (Å²) >= 11 is 0. The molecule has 0 saturated carbocycles. The molecule has 0 bridgehead atoms. The summed E-state index contributed by atoms with van der Waals surface area (Å²) in [6.07, 6.45) is 3.77. The van der Waals surface area contributed by atoms with Gasteiger partial charge < -0.3 is 5.32 Å². The van der Waals surface area contributed by atoms with Gasteiger partial charge in [-0.05, 0) is 37.4 Å². The van der Waals surface area contributed by atoms with Gasteiger partial charge in [0.25, 0.3) is 0 Å². The minimum Gasteiger partial charge on any atom is -0.310 e. The third kappa shape index (κ3) is 3.89. The zero-order valence-corrected chi connectivity index (χ0v) is 11.8. The summed E-state index contributed by atoms with van der Waals surface area (Å²) in [6, 6.07) is 8.53. The van der Waals surface area contributed by atoms with Crippen LogP contribution in [-0.2, 0) is 19.5 Å². The van der Waals surface area contributed by atoms with Gasteiger partial charge in [-0.3, -0.25) is 0 Å². The molecule has 0 atom stereocenters. The molecular weight excluding hydrogens is 236 g/mol.